The number of hydrogen-bond acceptors (Lipinski definition) is 4. The van der Waals surface area contributed by atoms with E-state index in [9.17, 15) is 0 Å². The summed E-state index contributed by atoms with van der Waals surface area (Å²) in [6.45, 7) is 10.7. The highest BCUT2D eigenvalue weighted by atomic mass is 16.5. The molecule has 19 heavy (non-hydrogen) atoms. The van der Waals surface area contributed by atoms with Gasteiger partial charge in [0.15, 0.2) is 0 Å². The third-order valence-electron chi connectivity index (χ3n) is 2.18. The van der Waals surface area contributed by atoms with Gasteiger partial charge < -0.3 is 4.74 Å². The Morgan fingerprint density at radius 2 is 2.11 bits per heavy atom. The minimum absolute atomic E-state index is 0.522. The van der Waals surface area contributed by atoms with Crippen LogP contribution in [0.15, 0.2) is 29.3 Å². The maximum absolute atomic E-state index is 8.62. The number of ether oxygens (including phenoxy) is 1. The number of nitrogens with zero attached hydrogens (tertiary/aromatic N) is 3. The molecule has 0 N–H and O–H groups in total. The Morgan fingerprint density at radius 1 is 1.42 bits per heavy atom. The van der Waals surface area contributed by atoms with Crippen LogP contribution in [0.25, 0.3) is 0 Å². The van der Waals surface area contributed by atoms with Crippen molar-refractivity contribution >= 4 is 6.21 Å². The van der Waals surface area contributed by atoms with Crippen molar-refractivity contribution in [2.24, 2.45) is 4.99 Å². The van der Waals surface area contributed by atoms with Gasteiger partial charge in [-0.25, -0.2) is 0 Å². The highest BCUT2D eigenvalue weighted by Gasteiger charge is 2.05. The number of rotatable bonds is 9. The van der Waals surface area contributed by atoms with Gasteiger partial charge in [-0.15, -0.1) is 0 Å². The van der Waals surface area contributed by atoms with E-state index in [-0.39, 0.29) is 0 Å². The normalized spacial score (nSPS) is 11.1. The fraction of sp³-hybridized carbons (Fsp3) is 0.600. The minimum Gasteiger partial charge on any atom is -0.383 e. The Morgan fingerprint density at radius 3 is 2.58 bits per heavy atom. The molecule has 0 aromatic carbocycles. The van der Waals surface area contributed by atoms with E-state index in [1.165, 1.54) is 0 Å². The molecule has 0 spiro atoms. The smallest absolute Gasteiger partial charge is 0.0635 e. The highest BCUT2D eigenvalue weighted by molar-refractivity contribution is 5.79. The van der Waals surface area contributed by atoms with E-state index >= 15 is 0 Å². The number of hydrogen-bond donors (Lipinski definition) is 0. The molecule has 0 saturated heterocycles. The summed E-state index contributed by atoms with van der Waals surface area (Å²) in [4.78, 5) is 6.17. The van der Waals surface area contributed by atoms with E-state index in [4.69, 9.17) is 10.00 Å². The Labute approximate surface area is 118 Å². The molecule has 0 rings (SSSR count). The van der Waals surface area contributed by atoms with Crippen LogP contribution in [0.1, 0.15) is 20.3 Å². The van der Waals surface area contributed by atoms with Crippen LogP contribution < -0.4 is 0 Å². The summed E-state index contributed by atoms with van der Waals surface area (Å²) in [6.07, 6.45) is 6.01. The van der Waals surface area contributed by atoms with Crippen molar-refractivity contribution in [1.82, 2.24) is 4.90 Å². The molecule has 0 fully saturated rings. The lowest BCUT2D eigenvalue weighted by Crippen LogP contribution is -2.30. The van der Waals surface area contributed by atoms with Gasteiger partial charge in [0.25, 0.3) is 0 Å². The molecule has 0 amide bonds. The van der Waals surface area contributed by atoms with Crippen LogP contribution in [-0.2, 0) is 4.74 Å². The second-order valence-electron chi connectivity index (χ2n) is 3.54. The average Bonchev–Trinajstić information content (AvgIpc) is 2.44. The molecule has 0 heterocycles. The first-order valence-corrected chi connectivity index (χ1v) is 6.60. The molecule has 0 unspecified atom stereocenters. The van der Waals surface area contributed by atoms with Gasteiger partial charge in [-0.3, -0.25) is 9.89 Å². The summed E-state index contributed by atoms with van der Waals surface area (Å²) in [7, 11) is 3.42. The maximum Gasteiger partial charge on any atom is 0.0635 e. The molecule has 0 radical (unpaired) electrons. The van der Waals surface area contributed by atoms with Gasteiger partial charge in [0.1, 0.15) is 0 Å². The van der Waals surface area contributed by atoms with Crippen LogP contribution in [0.5, 0.6) is 0 Å². The number of allylic oxidation sites excluding steroid dienone is 2. The minimum atomic E-state index is 0.522. The monoisotopic (exact) mass is 265 g/mol. The first-order chi connectivity index (χ1) is 9.28. The molecule has 0 aromatic heterocycles. The van der Waals surface area contributed by atoms with E-state index in [1.54, 1.807) is 20.2 Å². The van der Waals surface area contributed by atoms with Gasteiger partial charge in [0, 0.05) is 46.4 Å². The first kappa shape index (κ1) is 19.9. The van der Waals surface area contributed by atoms with Crippen molar-refractivity contribution in [3.05, 3.63) is 24.3 Å². The van der Waals surface area contributed by atoms with Crippen molar-refractivity contribution in [3.63, 3.8) is 0 Å². The molecule has 108 valence electrons. The van der Waals surface area contributed by atoms with Gasteiger partial charge in [0.05, 0.1) is 12.7 Å². The summed E-state index contributed by atoms with van der Waals surface area (Å²) in [6, 6.07) is 2.16. The molecule has 0 aliphatic carbocycles. The lowest BCUT2D eigenvalue weighted by molar-refractivity contribution is 0.155. The molecule has 0 aliphatic heterocycles. The van der Waals surface area contributed by atoms with Crippen molar-refractivity contribution < 1.29 is 4.74 Å². The summed E-state index contributed by atoms with van der Waals surface area (Å²) >= 11 is 0. The van der Waals surface area contributed by atoms with Gasteiger partial charge in [0.2, 0.25) is 0 Å². The van der Waals surface area contributed by atoms with Crippen molar-refractivity contribution in [3.8, 4) is 6.07 Å². The molecular formula is C15H27N3O. The van der Waals surface area contributed by atoms with E-state index < -0.39 is 0 Å². The van der Waals surface area contributed by atoms with E-state index in [1.807, 2.05) is 26.1 Å². The van der Waals surface area contributed by atoms with E-state index in [0.717, 1.165) is 25.2 Å². The highest BCUT2D eigenvalue weighted by Crippen LogP contribution is 1.99. The van der Waals surface area contributed by atoms with Crippen LogP contribution >= 0.6 is 0 Å². The Kier molecular flexibility index (Phi) is 17.3. The maximum atomic E-state index is 8.62. The zero-order valence-corrected chi connectivity index (χ0v) is 12.7. The largest absolute Gasteiger partial charge is 0.383 e. The lowest BCUT2D eigenvalue weighted by atomic mass is 10.2. The second-order valence-corrected chi connectivity index (χ2v) is 3.54. The van der Waals surface area contributed by atoms with Crippen molar-refractivity contribution in [2.45, 2.75) is 20.3 Å². The molecule has 4 heteroatoms. The van der Waals surface area contributed by atoms with E-state index in [2.05, 4.69) is 22.5 Å². The van der Waals surface area contributed by atoms with Crippen molar-refractivity contribution in [1.29, 1.82) is 5.26 Å². The SMILES string of the molecule is C=C/C=C(\C=NC)CN(CCC#N)CCOC.CC. The third-order valence-corrected chi connectivity index (χ3v) is 2.18. The summed E-state index contributed by atoms with van der Waals surface area (Å²) in [5.41, 5.74) is 1.08. The molecule has 0 atom stereocenters. The van der Waals surface area contributed by atoms with Crippen LogP contribution in [0.4, 0.5) is 0 Å². The fourth-order valence-corrected chi connectivity index (χ4v) is 1.41. The number of aliphatic imine (C=N–C) groups is 1. The molecule has 4 nitrogen and oxygen atoms in total. The standard InChI is InChI=1S/C13H21N3O.C2H6/c1-4-6-13(11-15-2)12-16(8-5-7-14)9-10-17-3;1-2/h4,6,11H,1,5,8-10,12H2,2-3H3;1-2H3/b13-6+,15-11?;. The Balaban J connectivity index is 0. The topological polar surface area (TPSA) is 48.6 Å². The molecule has 0 saturated carbocycles. The average molecular weight is 265 g/mol. The molecule has 0 bridgehead atoms. The molecule has 0 aromatic rings. The predicted molar refractivity (Wildman–Crippen MR) is 82.6 cm³/mol. The summed E-state index contributed by atoms with van der Waals surface area (Å²) in [5, 5.41) is 8.62. The lowest BCUT2D eigenvalue weighted by Gasteiger charge is -2.20. The first-order valence-electron chi connectivity index (χ1n) is 6.60. The molecule has 0 aliphatic rings. The Hall–Kier alpha value is -1.44. The van der Waals surface area contributed by atoms with E-state index in [0.29, 0.717) is 13.0 Å². The van der Waals surface area contributed by atoms with Gasteiger partial charge in [-0.1, -0.05) is 32.6 Å². The predicted octanol–water partition coefficient (Wildman–Crippen LogP) is 2.69. The number of nitriles is 1. The van der Waals surface area contributed by atoms with Gasteiger partial charge >= 0.3 is 0 Å². The van der Waals surface area contributed by atoms with Crippen LogP contribution in [-0.4, -0.2) is 51.5 Å². The van der Waals surface area contributed by atoms with Gasteiger partial charge in [-0.2, -0.15) is 5.26 Å². The zero-order chi connectivity index (χ0) is 14.9. The van der Waals surface area contributed by atoms with Crippen molar-refractivity contribution in [2.75, 3.05) is 40.4 Å². The third kappa shape index (κ3) is 12.8. The van der Waals surface area contributed by atoms with Crippen LogP contribution in [0, 0.1) is 11.3 Å². The summed E-state index contributed by atoms with van der Waals surface area (Å²) < 4.78 is 5.06. The quantitative estimate of drug-likeness (QED) is 0.476. The van der Waals surface area contributed by atoms with Crippen LogP contribution in [0.2, 0.25) is 0 Å². The van der Waals surface area contributed by atoms with Gasteiger partial charge in [-0.05, 0) is 5.57 Å². The number of methoxy groups -OCH3 is 1. The van der Waals surface area contributed by atoms with Crippen LogP contribution in [0.3, 0.4) is 0 Å². The second kappa shape index (κ2) is 16.6. The summed E-state index contributed by atoms with van der Waals surface area (Å²) in [5.74, 6) is 0. The Bertz CT molecular complexity index is 303. The fourth-order valence-electron chi connectivity index (χ4n) is 1.41. The zero-order valence-electron chi connectivity index (χ0n) is 12.7. The molecular weight excluding hydrogens is 238 g/mol.